The second kappa shape index (κ2) is 4.96. The number of nitrogens with two attached hydrogens (primary N) is 1. The zero-order chi connectivity index (χ0) is 13.3. The summed E-state index contributed by atoms with van der Waals surface area (Å²) in [6.07, 6.45) is 0. The van der Waals surface area contributed by atoms with Gasteiger partial charge in [-0.3, -0.25) is 4.79 Å². The van der Waals surface area contributed by atoms with Crippen molar-refractivity contribution < 1.29 is 9.18 Å². The van der Waals surface area contributed by atoms with Crippen LogP contribution in [0.4, 0.5) is 10.1 Å². The molecule has 0 radical (unpaired) electrons. The number of halogens is 3. The summed E-state index contributed by atoms with van der Waals surface area (Å²) in [5, 5.41) is 0.519. The van der Waals surface area contributed by atoms with E-state index in [9.17, 15) is 9.18 Å². The lowest BCUT2D eigenvalue weighted by Gasteiger charge is -2.05. The van der Waals surface area contributed by atoms with E-state index in [1.807, 2.05) is 0 Å². The zero-order valence-corrected chi connectivity index (χ0v) is 10.6. The van der Waals surface area contributed by atoms with E-state index in [-0.39, 0.29) is 16.1 Å². The molecule has 2 N–H and O–H groups in total. The predicted octanol–water partition coefficient (Wildman–Crippen LogP) is 3.95. The van der Waals surface area contributed by atoms with E-state index in [1.165, 1.54) is 30.3 Å². The molecule has 0 aromatic heterocycles. The van der Waals surface area contributed by atoms with Gasteiger partial charge in [-0.15, -0.1) is 0 Å². The first-order valence-electron chi connectivity index (χ1n) is 5.03. The smallest absolute Gasteiger partial charge is 0.194 e. The summed E-state index contributed by atoms with van der Waals surface area (Å²) in [7, 11) is 0. The standard InChI is InChI=1S/C13H8Cl2FNO/c14-8-3-7(4-10(17)5-8)13(18)11-6-9(16)1-2-12(11)15/h1-6H,17H2. The van der Waals surface area contributed by atoms with E-state index in [2.05, 4.69) is 0 Å². The number of hydrogen-bond acceptors (Lipinski definition) is 2. The lowest BCUT2D eigenvalue weighted by atomic mass is 10.0. The zero-order valence-electron chi connectivity index (χ0n) is 9.08. The fraction of sp³-hybridized carbons (Fsp3) is 0. The van der Waals surface area contributed by atoms with Crippen LogP contribution >= 0.6 is 23.2 Å². The fourth-order valence-corrected chi connectivity index (χ4v) is 2.02. The number of carbonyl (C=O) groups excluding carboxylic acids is 1. The first kappa shape index (κ1) is 12.9. The highest BCUT2D eigenvalue weighted by Crippen LogP contribution is 2.23. The van der Waals surface area contributed by atoms with Crippen LogP contribution in [0.15, 0.2) is 36.4 Å². The Kier molecular flexibility index (Phi) is 3.55. The van der Waals surface area contributed by atoms with Gasteiger partial charge in [-0.05, 0) is 36.4 Å². The molecule has 0 unspecified atom stereocenters. The highest BCUT2D eigenvalue weighted by molar-refractivity contribution is 6.35. The van der Waals surface area contributed by atoms with Crippen molar-refractivity contribution in [2.24, 2.45) is 0 Å². The van der Waals surface area contributed by atoms with Crippen molar-refractivity contribution in [3.8, 4) is 0 Å². The first-order chi connectivity index (χ1) is 8.47. The molecule has 5 heteroatoms. The maximum atomic E-state index is 13.1. The Balaban J connectivity index is 2.51. The normalized spacial score (nSPS) is 10.4. The van der Waals surface area contributed by atoms with Crippen LogP contribution in [0.1, 0.15) is 15.9 Å². The van der Waals surface area contributed by atoms with Crippen molar-refractivity contribution >= 4 is 34.7 Å². The van der Waals surface area contributed by atoms with Gasteiger partial charge >= 0.3 is 0 Å². The van der Waals surface area contributed by atoms with Gasteiger partial charge in [-0.2, -0.15) is 0 Å². The summed E-state index contributed by atoms with van der Waals surface area (Å²) >= 11 is 11.7. The molecule has 0 saturated carbocycles. The van der Waals surface area contributed by atoms with Crippen molar-refractivity contribution in [3.63, 3.8) is 0 Å². The Hall–Kier alpha value is -1.58. The van der Waals surface area contributed by atoms with Crippen molar-refractivity contribution in [1.82, 2.24) is 0 Å². The van der Waals surface area contributed by atoms with Gasteiger partial charge < -0.3 is 5.73 Å². The van der Waals surface area contributed by atoms with Gasteiger partial charge in [0, 0.05) is 21.8 Å². The lowest BCUT2D eigenvalue weighted by molar-refractivity contribution is 0.103. The van der Waals surface area contributed by atoms with Crippen molar-refractivity contribution in [2.75, 3.05) is 5.73 Å². The van der Waals surface area contributed by atoms with Crippen molar-refractivity contribution in [1.29, 1.82) is 0 Å². The molecule has 0 fully saturated rings. The van der Waals surface area contributed by atoms with Gasteiger partial charge in [-0.1, -0.05) is 23.2 Å². The molecular weight excluding hydrogens is 276 g/mol. The van der Waals surface area contributed by atoms with E-state index >= 15 is 0 Å². The Labute approximate surface area is 113 Å². The average Bonchev–Trinajstić information content (AvgIpc) is 2.30. The third kappa shape index (κ3) is 2.63. The third-order valence-corrected chi connectivity index (χ3v) is 2.90. The molecule has 0 saturated heterocycles. The van der Waals surface area contributed by atoms with Crippen LogP contribution in [0.3, 0.4) is 0 Å². The number of hydrogen-bond donors (Lipinski definition) is 1. The summed E-state index contributed by atoms with van der Waals surface area (Å²) in [6.45, 7) is 0. The predicted molar refractivity (Wildman–Crippen MR) is 70.7 cm³/mol. The molecule has 2 aromatic rings. The molecule has 0 amide bonds. The Morgan fingerprint density at radius 1 is 1.11 bits per heavy atom. The maximum Gasteiger partial charge on any atom is 0.194 e. The molecular formula is C13H8Cl2FNO. The van der Waals surface area contributed by atoms with Gasteiger partial charge in [0.1, 0.15) is 5.82 Å². The summed E-state index contributed by atoms with van der Waals surface area (Å²) in [6, 6.07) is 8.05. The minimum Gasteiger partial charge on any atom is -0.399 e. The molecule has 18 heavy (non-hydrogen) atoms. The van der Waals surface area contributed by atoms with E-state index in [0.717, 1.165) is 6.07 Å². The summed E-state index contributed by atoms with van der Waals surface area (Å²) in [5.74, 6) is -0.952. The van der Waals surface area contributed by atoms with Crippen LogP contribution < -0.4 is 5.73 Å². The second-order valence-corrected chi connectivity index (χ2v) is 4.57. The molecule has 2 rings (SSSR count). The van der Waals surface area contributed by atoms with Gasteiger partial charge in [0.2, 0.25) is 0 Å². The van der Waals surface area contributed by atoms with Crippen LogP contribution in [-0.4, -0.2) is 5.78 Å². The minimum absolute atomic E-state index is 0.0818. The number of nitrogen functional groups attached to an aromatic ring is 1. The number of anilines is 1. The highest BCUT2D eigenvalue weighted by atomic mass is 35.5. The summed E-state index contributed by atoms with van der Waals surface area (Å²) in [4.78, 5) is 12.2. The summed E-state index contributed by atoms with van der Waals surface area (Å²) in [5.41, 5.74) is 6.31. The van der Waals surface area contributed by atoms with Crippen molar-refractivity contribution in [2.45, 2.75) is 0 Å². The molecule has 0 atom stereocenters. The second-order valence-electron chi connectivity index (χ2n) is 3.73. The Morgan fingerprint density at radius 2 is 1.83 bits per heavy atom. The molecule has 92 valence electrons. The Morgan fingerprint density at radius 3 is 2.50 bits per heavy atom. The third-order valence-electron chi connectivity index (χ3n) is 2.36. The highest BCUT2D eigenvalue weighted by Gasteiger charge is 2.14. The molecule has 2 nitrogen and oxygen atoms in total. The van der Waals surface area contributed by atoms with Gasteiger partial charge in [0.15, 0.2) is 5.78 Å². The minimum atomic E-state index is -0.530. The van der Waals surface area contributed by atoms with Gasteiger partial charge in [0.25, 0.3) is 0 Å². The largest absolute Gasteiger partial charge is 0.399 e. The first-order valence-corrected chi connectivity index (χ1v) is 5.79. The lowest BCUT2D eigenvalue weighted by Crippen LogP contribution is -2.03. The van der Waals surface area contributed by atoms with Crippen LogP contribution in [0.2, 0.25) is 10.0 Å². The van der Waals surface area contributed by atoms with Crippen LogP contribution in [0.5, 0.6) is 0 Å². The van der Waals surface area contributed by atoms with Crippen molar-refractivity contribution in [3.05, 3.63) is 63.4 Å². The molecule has 2 aromatic carbocycles. The van der Waals surface area contributed by atoms with Gasteiger partial charge in [0.05, 0.1) is 5.02 Å². The van der Waals surface area contributed by atoms with Crippen LogP contribution in [-0.2, 0) is 0 Å². The van der Waals surface area contributed by atoms with E-state index in [1.54, 1.807) is 0 Å². The molecule has 0 heterocycles. The van der Waals surface area contributed by atoms with Crippen LogP contribution in [0, 0.1) is 5.82 Å². The fourth-order valence-electron chi connectivity index (χ4n) is 1.57. The summed E-state index contributed by atoms with van der Waals surface area (Å²) < 4.78 is 13.1. The average molecular weight is 284 g/mol. The number of benzene rings is 2. The molecule has 0 aliphatic carbocycles. The maximum absolute atomic E-state index is 13.1. The Bertz CT molecular complexity index is 608. The van der Waals surface area contributed by atoms with Gasteiger partial charge in [-0.25, -0.2) is 4.39 Å². The molecule has 0 aliphatic heterocycles. The molecule has 0 aliphatic rings. The topological polar surface area (TPSA) is 43.1 Å². The number of rotatable bonds is 2. The van der Waals surface area contributed by atoms with E-state index < -0.39 is 11.6 Å². The number of carbonyl (C=O) groups is 1. The SMILES string of the molecule is Nc1cc(Cl)cc(C(=O)c2cc(F)ccc2Cl)c1. The van der Waals surface area contributed by atoms with E-state index in [4.69, 9.17) is 28.9 Å². The quantitative estimate of drug-likeness (QED) is 0.670. The monoisotopic (exact) mass is 283 g/mol. The molecule has 0 spiro atoms. The van der Waals surface area contributed by atoms with Crippen LogP contribution in [0.25, 0.3) is 0 Å². The molecule has 0 bridgehead atoms. The van der Waals surface area contributed by atoms with E-state index in [0.29, 0.717) is 10.7 Å². The number of ketones is 1.